The quantitative estimate of drug-likeness (QED) is 0.326. The van der Waals surface area contributed by atoms with Crippen molar-refractivity contribution in [2.45, 2.75) is 13.0 Å². The van der Waals surface area contributed by atoms with Crippen LogP contribution in [-0.4, -0.2) is 42.6 Å². The Morgan fingerprint density at radius 2 is 1.97 bits per heavy atom. The summed E-state index contributed by atoms with van der Waals surface area (Å²) in [5.74, 6) is 2.85. The molecule has 4 aromatic heterocycles. The van der Waals surface area contributed by atoms with Gasteiger partial charge in [0.2, 0.25) is 5.95 Å². The van der Waals surface area contributed by atoms with E-state index >= 15 is 0 Å². The van der Waals surface area contributed by atoms with Gasteiger partial charge in [-0.05, 0) is 42.3 Å². The van der Waals surface area contributed by atoms with Gasteiger partial charge in [-0.3, -0.25) is 19.3 Å². The van der Waals surface area contributed by atoms with E-state index in [1.165, 1.54) is 27.0 Å². The fourth-order valence-corrected chi connectivity index (χ4v) is 5.06. The normalized spacial score (nSPS) is 13.2. The Morgan fingerprint density at radius 1 is 1.11 bits per heavy atom. The second-order valence-electron chi connectivity index (χ2n) is 8.64. The Hall–Kier alpha value is -4.72. The van der Waals surface area contributed by atoms with Crippen molar-refractivity contribution >= 4 is 39.6 Å². The molecule has 0 saturated heterocycles. The van der Waals surface area contributed by atoms with E-state index in [2.05, 4.69) is 54.7 Å². The van der Waals surface area contributed by atoms with E-state index in [-0.39, 0.29) is 17.7 Å². The maximum atomic E-state index is 13.3. The van der Waals surface area contributed by atoms with Gasteiger partial charge in [-0.2, -0.15) is 4.98 Å². The number of nitrogens with one attached hydrogen (secondary N) is 2. The molecule has 5 aromatic rings. The van der Waals surface area contributed by atoms with E-state index in [0.717, 1.165) is 30.2 Å². The average molecular weight is 519 g/mol. The second kappa shape index (κ2) is 10.3. The van der Waals surface area contributed by atoms with Crippen molar-refractivity contribution in [1.29, 1.82) is 0 Å². The van der Waals surface area contributed by atoms with Crippen LogP contribution in [0.2, 0.25) is 0 Å². The Morgan fingerprint density at radius 3 is 2.74 bits per heavy atom. The number of hydrogen-bond acceptors (Lipinski definition) is 9. The van der Waals surface area contributed by atoms with Crippen molar-refractivity contribution in [1.82, 2.24) is 34.8 Å². The van der Waals surface area contributed by atoms with Crippen molar-refractivity contribution in [3.8, 4) is 23.0 Å². The molecule has 1 aliphatic heterocycles. The summed E-state index contributed by atoms with van der Waals surface area (Å²) in [6.45, 7) is 2.01. The standard InChI is InChI=1S/C28H22N8OS/c1-2-18-15-21-16-33-28(34-22-5-3-19(4-6-22)20-7-9-29-10-8-20)35-25(21)36(27(18)37)17-23-24(31-12-11-30-23)26-32-13-14-38-26/h1,3-7,11-16,29H,8-10,17H2,(H,33,34,35). The topological polar surface area (TPSA) is 111 Å². The van der Waals surface area contributed by atoms with Crippen LogP contribution in [0.3, 0.4) is 0 Å². The first kappa shape index (κ1) is 23.7. The van der Waals surface area contributed by atoms with Gasteiger partial charge in [-0.25, -0.2) is 9.97 Å². The minimum Gasteiger partial charge on any atom is -0.324 e. The molecular formula is C28H22N8OS. The highest BCUT2D eigenvalue weighted by Crippen LogP contribution is 2.25. The lowest BCUT2D eigenvalue weighted by Crippen LogP contribution is -2.25. The molecule has 38 heavy (non-hydrogen) atoms. The minimum absolute atomic E-state index is 0.128. The van der Waals surface area contributed by atoms with Crippen LogP contribution < -0.4 is 16.2 Å². The van der Waals surface area contributed by atoms with Crippen LogP contribution in [-0.2, 0) is 6.54 Å². The van der Waals surface area contributed by atoms with Gasteiger partial charge >= 0.3 is 0 Å². The van der Waals surface area contributed by atoms with Crippen LogP contribution in [0.1, 0.15) is 23.2 Å². The molecule has 0 fully saturated rings. The summed E-state index contributed by atoms with van der Waals surface area (Å²) in [6, 6.07) is 9.81. The molecule has 0 unspecified atom stereocenters. The Labute approximate surface area is 222 Å². The number of terminal acetylenes is 1. The fourth-order valence-electron chi connectivity index (χ4n) is 4.40. The highest BCUT2D eigenvalue weighted by molar-refractivity contribution is 7.13. The Kier molecular flexibility index (Phi) is 6.44. The molecule has 0 saturated carbocycles. The highest BCUT2D eigenvalue weighted by Gasteiger charge is 2.16. The molecule has 0 atom stereocenters. The van der Waals surface area contributed by atoms with E-state index in [0.29, 0.717) is 28.4 Å². The van der Waals surface area contributed by atoms with Crippen molar-refractivity contribution in [3.05, 3.63) is 93.7 Å². The first-order valence-electron chi connectivity index (χ1n) is 12.0. The summed E-state index contributed by atoms with van der Waals surface area (Å²) in [5, 5.41) is 9.83. The molecule has 0 amide bonds. The third-order valence-corrected chi connectivity index (χ3v) is 7.05. The molecule has 186 valence electrons. The van der Waals surface area contributed by atoms with E-state index in [1.807, 2.05) is 17.5 Å². The molecule has 5 heterocycles. The maximum absolute atomic E-state index is 13.3. The molecule has 0 spiro atoms. The summed E-state index contributed by atoms with van der Waals surface area (Å²) < 4.78 is 1.52. The van der Waals surface area contributed by atoms with E-state index in [1.54, 1.807) is 30.9 Å². The van der Waals surface area contributed by atoms with Crippen LogP contribution in [0.15, 0.2) is 71.4 Å². The van der Waals surface area contributed by atoms with Gasteiger partial charge in [-0.1, -0.05) is 24.1 Å². The van der Waals surface area contributed by atoms with Crippen molar-refractivity contribution in [3.63, 3.8) is 0 Å². The molecule has 0 radical (unpaired) electrons. The molecule has 0 bridgehead atoms. The first-order valence-corrected chi connectivity index (χ1v) is 12.9. The molecule has 0 aliphatic carbocycles. The van der Waals surface area contributed by atoms with Gasteiger partial charge < -0.3 is 10.6 Å². The summed E-state index contributed by atoms with van der Waals surface area (Å²) in [5.41, 5.74) is 4.93. The van der Waals surface area contributed by atoms with Crippen LogP contribution >= 0.6 is 11.3 Å². The van der Waals surface area contributed by atoms with Gasteiger partial charge in [0.25, 0.3) is 5.56 Å². The Bertz CT molecular complexity index is 1750. The number of thiazole rings is 1. The molecular weight excluding hydrogens is 496 g/mol. The summed E-state index contributed by atoms with van der Waals surface area (Å²) >= 11 is 1.45. The largest absolute Gasteiger partial charge is 0.324 e. The number of fused-ring (bicyclic) bond motifs is 1. The highest BCUT2D eigenvalue weighted by atomic mass is 32.1. The third-order valence-electron chi connectivity index (χ3n) is 6.28. The van der Waals surface area contributed by atoms with Gasteiger partial charge in [0.1, 0.15) is 16.3 Å². The number of anilines is 2. The monoisotopic (exact) mass is 518 g/mol. The minimum atomic E-state index is -0.333. The average Bonchev–Trinajstić information content (AvgIpc) is 3.51. The molecule has 6 rings (SSSR count). The van der Waals surface area contributed by atoms with E-state index in [4.69, 9.17) is 11.4 Å². The smallest absolute Gasteiger partial charge is 0.268 e. The van der Waals surface area contributed by atoms with Crippen LogP contribution in [0.4, 0.5) is 11.6 Å². The zero-order valence-corrected chi connectivity index (χ0v) is 21.1. The van der Waals surface area contributed by atoms with Crippen LogP contribution in [0.25, 0.3) is 27.3 Å². The number of hydrogen-bond donors (Lipinski definition) is 2. The zero-order chi connectivity index (χ0) is 25.9. The molecule has 10 heteroatoms. The predicted molar refractivity (Wildman–Crippen MR) is 149 cm³/mol. The SMILES string of the molecule is C#Cc1cc2cnc(Nc3ccc(C4=CCNCC4)cc3)nc2n(Cc2nccnc2-c2nccs2)c1=O. The fraction of sp³-hybridized carbons (Fsp3) is 0.143. The number of nitrogens with zero attached hydrogens (tertiary/aromatic N) is 6. The predicted octanol–water partition coefficient (Wildman–Crippen LogP) is 3.85. The lowest BCUT2D eigenvalue weighted by Gasteiger charge is -2.15. The van der Waals surface area contributed by atoms with Gasteiger partial charge in [0.15, 0.2) is 0 Å². The molecule has 1 aromatic carbocycles. The van der Waals surface area contributed by atoms with Gasteiger partial charge in [0, 0.05) is 47.8 Å². The molecule has 9 nitrogen and oxygen atoms in total. The third kappa shape index (κ3) is 4.68. The Balaban J connectivity index is 1.37. The molecule has 2 N–H and O–H groups in total. The lowest BCUT2D eigenvalue weighted by molar-refractivity contribution is 0.738. The maximum Gasteiger partial charge on any atom is 0.268 e. The van der Waals surface area contributed by atoms with Crippen LogP contribution in [0.5, 0.6) is 0 Å². The van der Waals surface area contributed by atoms with Crippen molar-refractivity contribution in [2.24, 2.45) is 0 Å². The first-order chi connectivity index (χ1) is 18.7. The van der Waals surface area contributed by atoms with E-state index < -0.39 is 0 Å². The lowest BCUT2D eigenvalue weighted by atomic mass is 10.0. The summed E-state index contributed by atoms with van der Waals surface area (Å²) in [4.78, 5) is 35.8. The number of aromatic nitrogens is 6. The van der Waals surface area contributed by atoms with Gasteiger partial charge in [-0.15, -0.1) is 17.8 Å². The zero-order valence-electron chi connectivity index (χ0n) is 20.3. The number of benzene rings is 1. The second-order valence-corrected chi connectivity index (χ2v) is 9.54. The van der Waals surface area contributed by atoms with Crippen molar-refractivity contribution in [2.75, 3.05) is 18.4 Å². The van der Waals surface area contributed by atoms with E-state index in [9.17, 15) is 4.79 Å². The molecule has 1 aliphatic rings. The van der Waals surface area contributed by atoms with Crippen molar-refractivity contribution < 1.29 is 0 Å². The van der Waals surface area contributed by atoms with Crippen LogP contribution in [0, 0.1) is 12.3 Å². The summed E-state index contributed by atoms with van der Waals surface area (Å²) in [7, 11) is 0. The summed E-state index contributed by atoms with van der Waals surface area (Å²) in [6.07, 6.45) is 15.4. The van der Waals surface area contributed by atoms with Gasteiger partial charge in [0.05, 0.1) is 17.8 Å². The number of pyridine rings is 1. The number of rotatable bonds is 6.